The molecule has 2 rings (SSSR count). The summed E-state index contributed by atoms with van der Waals surface area (Å²) >= 11 is 0. The van der Waals surface area contributed by atoms with E-state index >= 15 is 0 Å². The molecule has 1 heterocycles. The lowest BCUT2D eigenvalue weighted by Crippen LogP contribution is -2.43. The zero-order valence-corrected chi connectivity index (χ0v) is 17.9. The van der Waals surface area contributed by atoms with Crippen molar-refractivity contribution in [3.05, 3.63) is 35.4 Å². The number of likely N-dealkylation sites (tertiary alicyclic amines) is 1. The van der Waals surface area contributed by atoms with Crippen LogP contribution in [-0.4, -0.2) is 54.5 Å². The molecule has 138 valence electrons. The van der Waals surface area contributed by atoms with Gasteiger partial charge < -0.3 is 10.2 Å². The molecule has 0 spiro atoms. The molecule has 5 nitrogen and oxygen atoms in total. The molecule has 0 bridgehead atoms. The molecule has 25 heavy (non-hydrogen) atoms. The number of nitrogens with one attached hydrogen (secondary N) is 1. The van der Waals surface area contributed by atoms with Gasteiger partial charge in [-0.2, -0.15) is 5.26 Å². The molecule has 1 N–H and O–H groups in total. The van der Waals surface area contributed by atoms with Gasteiger partial charge >= 0.3 is 0 Å². The number of aliphatic imine (C=N–C) groups is 1. The van der Waals surface area contributed by atoms with Crippen molar-refractivity contribution in [3.63, 3.8) is 0 Å². The van der Waals surface area contributed by atoms with Gasteiger partial charge in [-0.1, -0.05) is 26.0 Å². The van der Waals surface area contributed by atoms with E-state index in [1.54, 1.807) is 0 Å². The number of hydrogen-bond donors (Lipinski definition) is 1. The molecule has 1 aromatic rings. The first-order valence-electron chi connectivity index (χ1n) is 8.98. The molecule has 0 aromatic heterocycles. The van der Waals surface area contributed by atoms with E-state index in [4.69, 9.17) is 10.3 Å². The van der Waals surface area contributed by atoms with Crippen LogP contribution in [0.3, 0.4) is 0 Å². The predicted molar refractivity (Wildman–Crippen MR) is 114 cm³/mol. The van der Waals surface area contributed by atoms with Crippen LogP contribution in [0.1, 0.15) is 38.3 Å². The summed E-state index contributed by atoms with van der Waals surface area (Å²) in [5, 5.41) is 12.4. The molecule has 1 aromatic carbocycles. The molecule has 0 amide bonds. The highest BCUT2D eigenvalue weighted by Crippen LogP contribution is 2.16. The number of likely N-dealkylation sites (N-methyl/N-ethyl adjacent to an activating group) is 1. The summed E-state index contributed by atoms with van der Waals surface area (Å²) in [6, 6.07) is 10.5. The minimum atomic E-state index is 0. The van der Waals surface area contributed by atoms with E-state index in [-0.39, 0.29) is 24.0 Å². The highest BCUT2D eigenvalue weighted by atomic mass is 127. The highest BCUT2D eigenvalue weighted by Gasteiger charge is 2.27. The molecule has 1 unspecified atom stereocenters. The summed E-state index contributed by atoms with van der Waals surface area (Å²) in [5.41, 5.74) is 1.76. The Morgan fingerprint density at radius 2 is 2.12 bits per heavy atom. The van der Waals surface area contributed by atoms with Gasteiger partial charge in [-0.05, 0) is 44.1 Å². The Morgan fingerprint density at radius 1 is 1.36 bits per heavy atom. The van der Waals surface area contributed by atoms with E-state index in [0.29, 0.717) is 18.2 Å². The summed E-state index contributed by atoms with van der Waals surface area (Å²) in [6.45, 7) is 12.3. The summed E-state index contributed by atoms with van der Waals surface area (Å²) in [5.74, 6) is 0.981. The Morgan fingerprint density at radius 3 is 2.76 bits per heavy atom. The van der Waals surface area contributed by atoms with Crippen LogP contribution >= 0.6 is 24.0 Å². The zero-order valence-electron chi connectivity index (χ0n) is 15.5. The van der Waals surface area contributed by atoms with Gasteiger partial charge in [-0.3, -0.25) is 4.90 Å². The Kier molecular flexibility index (Phi) is 9.83. The second-order valence-electron chi connectivity index (χ2n) is 6.09. The van der Waals surface area contributed by atoms with E-state index in [1.165, 1.54) is 6.42 Å². The van der Waals surface area contributed by atoms with Crippen molar-refractivity contribution in [1.82, 2.24) is 15.1 Å². The Labute approximate surface area is 169 Å². The SMILES string of the molecule is CCNC(=NCc1cccc(C#N)c1)N1CCC(N(CC)CC)C1.I. The van der Waals surface area contributed by atoms with Crippen molar-refractivity contribution in [2.45, 2.75) is 39.8 Å². The van der Waals surface area contributed by atoms with Gasteiger partial charge in [0, 0.05) is 25.7 Å². The van der Waals surface area contributed by atoms with Gasteiger partial charge in [0.05, 0.1) is 18.2 Å². The molecule has 0 saturated carbocycles. The number of hydrogen-bond acceptors (Lipinski definition) is 3. The molecule has 0 aliphatic carbocycles. The van der Waals surface area contributed by atoms with Crippen molar-refractivity contribution in [2.24, 2.45) is 4.99 Å². The van der Waals surface area contributed by atoms with E-state index in [0.717, 1.165) is 44.2 Å². The lowest BCUT2D eigenvalue weighted by molar-refractivity contribution is 0.223. The van der Waals surface area contributed by atoms with E-state index in [2.05, 4.69) is 42.0 Å². The second kappa shape index (κ2) is 11.3. The number of nitrogens with zero attached hydrogens (tertiary/aromatic N) is 4. The van der Waals surface area contributed by atoms with Crippen LogP contribution in [0.25, 0.3) is 0 Å². The van der Waals surface area contributed by atoms with E-state index < -0.39 is 0 Å². The largest absolute Gasteiger partial charge is 0.357 e. The van der Waals surface area contributed by atoms with Crippen LogP contribution in [0.15, 0.2) is 29.3 Å². The number of halogens is 1. The fraction of sp³-hybridized carbons (Fsp3) is 0.579. The molecular weight excluding hydrogens is 425 g/mol. The smallest absolute Gasteiger partial charge is 0.194 e. The lowest BCUT2D eigenvalue weighted by atomic mass is 10.1. The zero-order chi connectivity index (χ0) is 17.4. The second-order valence-corrected chi connectivity index (χ2v) is 6.09. The van der Waals surface area contributed by atoms with Crippen LogP contribution in [-0.2, 0) is 6.54 Å². The topological polar surface area (TPSA) is 54.7 Å². The normalized spacial score (nSPS) is 17.3. The number of benzene rings is 1. The summed E-state index contributed by atoms with van der Waals surface area (Å²) in [4.78, 5) is 9.68. The van der Waals surface area contributed by atoms with Crippen LogP contribution in [0.4, 0.5) is 0 Å². The standard InChI is InChI=1S/C19H29N5.HI/c1-4-21-19(22-14-17-9-7-8-16(12-17)13-20)24-11-10-18(15-24)23(5-2)6-3;/h7-9,12,18H,4-6,10-11,14-15H2,1-3H3,(H,21,22);1H. The Hall–Kier alpha value is -1.33. The van der Waals surface area contributed by atoms with Gasteiger partial charge in [0.2, 0.25) is 0 Å². The maximum Gasteiger partial charge on any atom is 0.194 e. The molecule has 1 aliphatic heterocycles. The van der Waals surface area contributed by atoms with Gasteiger partial charge in [-0.15, -0.1) is 24.0 Å². The highest BCUT2D eigenvalue weighted by molar-refractivity contribution is 14.0. The van der Waals surface area contributed by atoms with Gasteiger partial charge in [0.15, 0.2) is 5.96 Å². The van der Waals surface area contributed by atoms with E-state index in [9.17, 15) is 0 Å². The third-order valence-electron chi connectivity index (χ3n) is 4.59. The third kappa shape index (κ3) is 6.15. The first-order chi connectivity index (χ1) is 11.7. The molecule has 1 atom stereocenters. The van der Waals surface area contributed by atoms with Crippen molar-refractivity contribution < 1.29 is 0 Å². The maximum atomic E-state index is 9.01. The fourth-order valence-electron chi connectivity index (χ4n) is 3.30. The molecule has 1 saturated heterocycles. The van der Waals surface area contributed by atoms with Crippen LogP contribution in [0.5, 0.6) is 0 Å². The Bertz CT molecular complexity index is 592. The monoisotopic (exact) mass is 455 g/mol. The lowest BCUT2D eigenvalue weighted by Gasteiger charge is -2.27. The van der Waals surface area contributed by atoms with Crippen molar-refractivity contribution in [1.29, 1.82) is 5.26 Å². The van der Waals surface area contributed by atoms with Crippen molar-refractivity contribution in [2.75, 3.05) is 32.7 Å². The maximum absolute atomic E-state index is 9.01. The quantitative estimate of drug-likeness (QED) is 0.407. The van der Waals surface area contributed by atoms with Crippen molar-refractivity contribution >= 4 is 29.9 Å². The average molecular weight is 455 g/mol. The third-order valence-corrected chi connectivity index (χ3v) is 4.59. The molecule has 1 fully saturated rings. The van der Waals surface area contributed by atoms with Crippen LogP contribution in [0.2, 0.25) is 0 Å². The van der Waals surface area contributed by atoms with Gasteiger partial charge in [0.25, 0.3) is 0 Å². The van der Waals surface area contributed by atoms with Crippen LogP contribution < -0.4 is 5.32 Å². The molecule has 0 radical (unpaired) electrons. The molecular formula is C19H30IN5. The summed E-state index contributed by atoms with van der Waals surface area (Å²) in [6.07, 6.45) is 1.19. The molecule has 6 heteroatoms. The van der Waals surface area contributed by atoms with E-state index in [1.807, 2.05) is 24.3 Å². The summed E-state index contributed by atoms with van der Waals surface area (Å²) < 4.78 is 0. The minimum absolute atomic E-state index is 0. The first kappa shape index (κ1) is 21.7. The van der Waals surface area contributed by atoms with Gasteiger partial charge in [-0.25, -0.2) is 4.99 Å². The fourth-order valence-corrected chi connectivity index (χ4v) is 3.30. The Balaban J connectivity index is 0.00000312. The number of rotatable bonds is 6. The first-order valence-corrected chi connectivity index (χ1v) is 8.98. The molecule has 1 aliphatic rings. The van der Waals surface area contributed by atoms with Gasteiger partial charge in [0.1, 0.15) is 0 Å². The number of guanidine groups is 1. The minimum Gasteiger partial charge on any atom is -0.357 e. The predicted octanol–water partition coefficient (Wildman–Crippen LogP) is 3.06. The summed E-state index contributed by atoms with van der Waals surface area (Å²) in [7, 11) is 0. The average Bonchev–Trinajstić information content (AvgIpc) is 3.09. The van der Waals surface area contributed by atoms with Crippen LogP contribution in [0, 0.1) is 11.3 Å². The van der Waals surface area contributed by atoms with Crippen molar-refractivity contribution in [3.8, 4) is 6.07 Å². The number of nitriles is 1.